The van der Waals surface area contributed by atoms with Gasteiger partial charge in [0, 0.05) is 18.7 Å². The zero-order valence-corrected chi connectivity index (χ0v) is 14.3. The lowest BCUT2D eigenvalue weighted by molar-refractivity contribution is -0.116. The first kappa shape index (κ1) is 16.7. The third-order valence-corrected chi connectivity index (χ3v) is 5.50. The Labute approximate surface area is 142 Å². The van der Waals surface area contributed by atoms with Gasteiger partial charge in [0.25, 0.3) is 0 Å². The highest BCUT2D eigenvalue weighted by Crippen LogP contribution is 2.25. The summed E-state index contributed by atoms with van der Waals surface area (Å²) >= 11 is 0. The van der Waals surface area contributed by atoms with Gasteiger partial charge in [0.05, 0.1) is 4.90 Å². The van der Waals surface area contributed by atoms with Gasteiger partial charge in [-0.1, -0.05) is 29.8 Å². The number of rotatable bonds is 4. The monoisotopic (exact) mass is 344 g/mol. The summed E-state index contributed by atoms with van der Waals surface area (Å²) < 4.78 is 27.6. The van der Waals surface area contributed by atoms with Crippen molar-refractivity contribution in [1.82, 2.24) is 4.72 Å². The quantitative estimate of drug-likeness (QED) is 0.895. The van der Waals surface area contributed by atoms with Gasteiger partial charge in [-0.25, -0.2) is 13.1 Å². The molecule has 0 aromatic heterocycles. The van der Waals surface area contributed by atoms with Gasteiger partial charge in [-0.3, -0.25) is 4.79 Å². The molecular formula is C18H20N2O3S. The zero-order chi connectivity index (χ0) is 17.2. The number of carbonyl (C=O) groups excluding carboxylic acids is 1. The largest absolute Gasteiger partial charge is 0.326 e. The molecule has 0 atom stereocenters. The van der Waals surface area contributed by atoms with Crippen molar-refractivity contribution in [3.8, 4) is 0 Å². The summed E-state index contributed by atoms with van der Waals surface area (Å²) in [5.74, 6) is -0.0261. The summed E-state index contributed by atoms with van der Waals surface area (Å²) in [5, 5.41) is 2.81. The van der Waals surface area contributed by atoms with Crippen LogP contribution in [0.25, 0.3) is 0 Å². The summed E-state index contributed by atoms with van der Waals surface area (Å²) in [6.07, 6.45) is 1.87. The normalized spacial score (nSPS) is 14.6. The number of carbonyl (C=O) groups is 1. The van der Waals surface area contributed by atoms with E-state index in [-0.39, 0.29) is 17.3 Å². The van der Waals surface area contributed by atoms with E-state index in [2.05, 4.69) is 10.0 Å². The van der Waals surface area contributed by atoms with E-state index in [1.54, 1.807) is 12.1 Å². The summed E-state index contributed by atoms with van der Waals surface area (Å²) in [4.78, 5) is 11.8. The molecule has 3 rings (SSSR count). The molecule has 1 aliphatic rings. The number of hydrogen-bond acceptors (Lipinski definition) is 3. The van der Waals surface area contributed by atoms with E-state index in [4.69, 9.17) is 0 Å². The zero-order valence-electron chi connectivity index (χ0n) is 13.5. The number of sulfonamides is 1. The Morgan fingerprint density at radius 3 is 2.58 bits per heavy atom. The third kappa shape index (κ3) is 3.83. The molecule has 24 heavy (non-hydrogen) atoms. The summed E-state index contributed by atoms with van der Waals surface area (Å²) in [7, 11) is -3.59. The number of fused-ring (bicyclic) bond motifs is 1. The predicted octanol–water partition coefficient (Wildman–Crippen LogP) is 2.75. The molecule has 1 heterocycles. The van der Waals surface area contributed by atoms with E-state index < -0.39 is 10.0 Å². The SMILES string of the molecule is Cc1ccc(CNS(=O)(=O)c2ccc3c(c2)CCCC(=O)N3)cc1. The fourth-order valence-corrected chi connectivity index (χ4v) is 3.75. The van der Waals surface area contributed by atoms with Gasteiger partial charge < -0.3 is 5.32 Å². The standard InChI is InChI=1S/C18H20N2O3S/c1-13-5-7-14(8-6-13)12-19-24(22,23)16-9-10-17-15(11-16)3-2-4-18(21)20-17/h5-11,19H,2-4,12H2,1H3,(H,20,21). The van der Waals surface area contributed by atoms with Crippen molar-refractivity contribution in [2.75, 3.05) is 5.32 Å². The van der Waals surface area contributed by atoms with Gasteiger partial charge in [-0.2, -0.15) is 0 Å². The highest BCUT2D eigenvalue weighted by Gasteiger charge is 2.18. The fourth-order valence-electron chi connectivity index (χ4n) is 2.69. The second kappa shape index (κ2) is 6.75. The van der Waals surface area contributed by atoms with Crippen molar-refractivity contribution in [3.63, 3.8) is 0 Å². The van der Waals surface area contributed by atoms with Gasteiger partial charge in [0.1, 0.15) is 0 Å². The highest BCUT2D eigenvalue weighted by molar-refractivity contribution is 7.89. The minimum atomic E-state index is -3.59. The molecule has 0 saturated heterocycles. The van der Waals surface area contributed by atoms with Gasteiger partial charge in [0.15, 0.2) is 0 Å². The van der Waals surface area contributed by atoms with Crippen molar-refractivity contribution in [3.05, 3.63) is 59.2 Å². The lowest BCUT2D eigenvalue weighted by Gasteiger charge is -2.11. The van der Waals surface area contributed by atoms with E-state index >= 15 is 0 Å². The highest BCUT2D eigenvalue weighted by atomic mass is 32.2. The number of aryl methyl sites for hydroxylation is 2. The molecule has 126 valence electrons. The molecular weight excluding hydrogens is 324 g/mol. The van der Waals surface area contributed by atoms with E-state index in [9.17, 15) is 13.2 Å². The molecule has 0 spiro atoms. The molecule has 0 aliphatic carbocycles. The van der Waals surface area contributed by atoms with Crippen LogP contribution in [0, 0.1) is 6.92 Å². The van der Waals surface area contributed by atoms with Crippen LogP contribution in [-0.4, -0.2) is 14.3 Å². The molecule has 2 aromatic carbocycles. The van der Waals surface area contributed by atoms with Gasteiger partial charge >= 0.3 is 0 Å². The smallest absolute Gasteiger partial charge is 0.240 e. The van der Waals surface area contributed by atoms with Crippen LogP contribution in [0.4, 0.5) is 5.69 Å². The molecule has 0 radical (unpaired) electrons. The number of amides is 1. The Morgan fingerprint density at radius 2 is 1.83 bits per heavy atom. The van der Waals surface area contributed by atoms with Crippen LogP contribution >= 0.6 is 0 Å². The van der Waals surface area contributed by atoms with Crippen LogP contribution in [0.3, 0.4) is 0 Å². The fraction of sp³-hybridized carbons (Fsp3) is 0.278. The molecule has 6 heteroatoms. The van der Waals surface area contributed by atoms with Crippen LogP contribution in [0.5, 0.6) is 0 Å². The Morgan fingerprint density at radius 1 is 1.08 bits per heavy atom. The molecule has 2 N–H and O–H groups in total. The van der Waals surface area contributed by atoms with E-state index in [1.165, 1.54) is 6.07 Å². The Bertz CT molecular complexity index is 858. The lowest BCUT2D eigenvalue weighted by Crippen LogP contribution is -2.23. The summed E-state index contributed by atoms with van der Waals surface area (Å²) in [6.45, 7) is 2.23. The second-order valence-corrected chi connectivity index (χ2v) is 7.80. The van der Waals surface area contributed by atoms with Crippen LogP contribution in [0.2, 0.25) is 0 Å². The molecule has 5 nitrogen and oxygen atoms in total. The maximum atomic E-state index is 12.5. The summed E-state index contributed by atoms with van der Waals surface area (Å²) in [6, 6.07) is 12.6. The molecule has 0 saturated carbocycles. The third-order valence-electron chi connectivity index (χ3n) is 4.10. The average Bonchev–Trinajstić information content (AvgIpc) is 2.74. The van der Waals surface area contributed by atoms with E-state index in [0.717, 1.165) is 23.1 Å². The molecule has 1 aliphatic heterocycles. The van der Waals surface area contributed by atoms with Crippen molar-refractivity contribution in [1.29, 1.82) is 0 Å². The van der Waals surface area contributed by atoms with Gasteiger partial charge in [0.2, 0.25) is 15.9 Å². The average molecular weight is 344 g/mol. The van der Waals surface area contributed by atoms with Crippen molar-refractivity contribution < 1.29 is 13.2 Å². The number of benzene rings is 2. The topological polar surface area (TPSA) is 75.3 Å². The predicted molar refractivity (Wildman–Crippen MR) is 93.2 cm³/mol. The van der Waals surface area contributed by atoms with Crippen LogP contribution in [0.15, 0.2) is 47.4 Å². The van der Waals surface area contributed by atoms with Crippen LogP contribution in [-0.2, 0) is 27.8 Å². The Hall–Kier alpha value is -2.18. The Balaban J connectivity index is 1.78. The molecule has 0 bridgehead atoms. The van der Waals surface area contributed by atoms with Crippen LogP contribution < -0.4 is 10.0 Å². The molecule has 0 unspecified atom stereocenters. The molecule has 2 aromatic rings. The van der Waals surface area contributed by atoms with Crippen molar-refractivity contribution in [2.24, 2.45) is 0 Å². The first-order valence-electron chi connectivity index (χ1n) is 7.92. The summed E-state index contributed by atoms with van der Waals surface area (Å²) in [5.41, 5.74) is 3.61. The molecule has 0 fully saturated rings. The van der Waals surface area contributed by atoms with E-state index in [0.29, 0.717) is 18.5 Å². The van der Waals surface area contributed by atoms with Crippen molar-refractivity contribution in [2.45, 2.75) is 37.6 Å². The molecule has 1 amide bonds. The van der Waals surface area contributed by atoms with E-state index in [1.807, 2.05) is 31.2 Å². The first-order valence-corrected chi connectivity index (χ1v) is 9.40. The van der Waals surface area contributed by atoms with Gasteiger partial charge in [-0.15, -0.1) is 0 Å². The van der Waals surface area contributed by atoms with Crippen molar-refractivity contribution >= 4 is 21.6 Å². The first-order chi connectivity index (χ1) is 11.4. The minimum absolute atomic E-state index is 0.0261. The number of anilines is 1. The number of nitrogens with one attached hydrogen (secondary N) is 2. The number of hydrogen-bond donors (Lipinski definition) is 2. The van der Waals surface area contributed by atoms with Gasteiger partial charge in [-0.05, 0) is 49.1 Å². The second-order valence-electron chi connectivity index (χ2n) is 6.03. The van der Waals surface area contributed by atoms with Crippen LogP contribution in [0.1, 0.15) is 29.5 Å². The maximum absolute atomic E-state index is 12.5. The lowest BCUT2D eigenvalue weighted by atomic mass is 10.1. The Kier molecular flexibility index (Phi) is 4.69. The maximum Gasteiger partial charge on any atom is 0.240 e. The minimum Gasteiger partial charge on any atom is -0.326 e.